The van der Waals surface area contributed by atoms with Gasteiger partial charge in [0.2, 0.25) is 0 Å². The molecule has 0 aliphatic rings. The third-order valence-corrected chi connectivity index (χ3v) is 4.40. The number of H-pyrrole nitrogens is 1. The number of carboxylic acids is 1. The number of aromatic amines is 1. The number of nitrogens with zero attached hydrogens (tertiary/aromatic N) is 2. The van der Waals surface area contributed by atoms with Gasteiger partial charge < -0.3 is 10.1 Å². The second-order valence-electron chi connectivity index (χ2n) is 6.08. The van der Waals surface area contributed by atoms with Crippen LogP contribution >= 0.6 is 0 Å². The van der Waals surface area contributed by atoms with Crippen LogP contribution < -0.4 is 0 Å². The van der Waals surface area contributed by atoms with Gasteiger partial charge in [-0.15, -0.1) is 0 Å². The summed E-state index contributed by atoms with van der Waals surface area (Å²) in [4.78, 5) is 14.8. The second-order valence-corrected chi connectivity index (χ2v) is 6.08. The first-order chi connectivity index (χ1) is 12.1. The quantitative estimate of drug-likeness (QED) is 0.592. The average molecular weight is 331 g/mol. The van der Waals surface area contributed by atoms with E-state index in [4.69, 9.17) is 0 Å². The van der Waals surface area contributed by atoms with Crippen LogP contribution in [0.15, 0.2) is 60.9 Å². The first kappa shape index (κ1) is 15.2. The maximum Gasteiger partial charge on any atom is 0.352 e. The Kier molecular flexibility index (Phi) is 3.61. The van der Waals surface area contributed by atoms with Gasteiger partial charge in [-0.25, -0.2) is 4.79 Å². The smallest absolute Gasteiger partial charge is 0.352 e. The number of rotatable bonds is 4. The first-order valence-electron chi connectivity index (χ1n) is 8.05. The van der Waals surface area contributed by atoms with Gasteiger partial charge in [-0.1, -0.05) is 42.5 Å². The van der Waals surface area contributed by atoms with Gasteiger partial charge in [0, 0.05) is 28.9 Å². The van der Waals surface area contributed by atoms with Crippen LogP contribution in [0.4, 0.5) is 0 Å². The highest BCUT2D eigenvalue weighted by Gasteiger charge is 2.19. The first-order valence-corrected chi connectivity index (χ1v) is 8.05. The molecule has 2 N–H and O–H groups in total. The maximum absolute atomic E-state index is 11.7. The molecule has 124 valence electrons. The van der Waals surface area contributed by atoms with E-state index in [1.54, 1.807) is 6.20 Å². The van der Waals surface area contributed by atoms with E-state index in [2.05, 4.69) is 10.1 Å². The average Bonchev–Trinajstić information content (AvgIpc) is 3.24. The summed E-state index contributed by atoms with van der Waals surface area (Å²) in [6.45, 7) is 2.66. The molecule has 0 aliphatic carbocycles. The minimum Gasteiger partial charge on any atom is -0.477 e. The molecule has 0 saturated carbocycles. The Morgan fingerprint density at radius 3 is 2.64 bits per heavy atom. The van der Waals surface area contributed by atoms with Crippen LogP contribution in [-0.4, -0.2) is 25.8 Å². The zero-order valence-electron chi connectivity index (χ0n) is 13.7. The summed E-state index contributed by atoms with van der Waals surface area (Å²) in [6, 6.07) is 15.7. The van der Waals surface area contributed by atoms with Gasteiger partial charge in [0.15, 0.2) is 0 Å². The van der Waals surface area contributed by atoms with Gasteiger partial charge in [0.05, 0.1) is 6.54 Å². The minimum absolute atomic E-state index is 0.226. The lowest BCUT2D eigenvalue weighted by atomic mass is 9.99. The molecular weight excluding hydrogens is 314 g/mol. The summed E-state index contributed by atoms with van der Waals surface area (Å²) in [5.74, 6) is -0.953. The highest BCUT2D eigenvalue weighted by molar-refractivity contribution is 6.08. The monoisotopic (exact) mass is 331 g/mol. The van der Waals surface area contributed by atoms with Crippen molar-refractivity contribution < 1.29 is 9.90 Å². The topological polar surface area (TPSA) is 70.9 Å². The fourth-order valence-corrected chi connectivity index (χ4v) is 3.18. The fourth-order valence-electron chi connectivity index (χ4n) is 3.18. The highest BCUT2D eigenvalue weighted by atomic mass is 16.4. The van der Waals surface area contributed by atoms with Crippen molar-refractivity contribution in [1.82, 2.24) is 14.8 Å². The van der Waals surface area contributed by atoms with E-state index in [0.717, 1.165) is 33.2 Å². The highest BCUT2D eigenvalue weighted by Crippen LogP contribution is 2.34. The number of hydrogen-bond donors (Lipinski definition) is 2. The van der Waals surface area contributed by atoms with Crippen LogP contribution in [0.3, 0.4) is 0 Å². The molecule has 25 heavy (non-hydrogen) atoms. The molecule has 0 spiro atoms. The molecular formula is C20H17N3O2. The van der Waals surface area contributed by atoms with Gasteiger partial charge in [0.1, 0.15) is 5.69 Å². The number of aromatic nitrogens is 3. The Morgan fingerprint density at radius 2 is 1.96 bits per heavy atom. The van der Waals surface area contributed by atoms with Crippen molar-refractivity contribution in [3.05, 3.63) is 77.7 Å². The number of aromatic carboxylic acids is 1. The predicted molar refractivity (Wildman–Crippen MR) is 96.8 cm³/mol. The van der Waals surface area contributed by atoms with E-state index in [9.17, 15) is 9.90 Å². The van der Waals surface area contributed by atoms with Crippen LogP contribution in [0, 0.1) is 6.92 Å². The van der Waals surface area contributed by atoms with Crippen molar-refractivity contribution in [2.24, 2.45) is 0 Å². The number of carboxylic acid groups (broad SMARTS) is 1. The van der Waals surface area contributed by atoms with E-state index in [1.165, 1.54) is 0 Å². The van der Waals surface area contributed by atoms with Crippen LogP contribution in [0.1, 0.15) is 21.6 Å². The molecule has 2 aromatic heterocycles. The maximum atomic E-state index is 11.7. The molecule has 0 atom stereocenters. The second kappa shape index (κ2) is 5.94. The van der Waals surface area contributed by atoms with E-state index in [1.807, 2.05) is 66.3 Å². The van der Waals surface area contributed by atoms with Gasteiger partial charge in [-0.3, -0.25) is 4.68 Å². The zero-order valence-corrected chi connectivity index (χ0v) is 13.7. The van der Waals surface area contributed by atoms with Crippen molar-refractivity contribution in [3.63, 3.8) is 0 Å². The van der Waals surface area contributed by atoms with Crippen LogP contribution in [0.2, 0.25) is 0 Å². The van der Waals surface area contributed by atoms with Gasteiger partial charge in [-0.05, 0) is 29.7 Å². The Labute approximate surface area is 144 Å². The Hall–Kier alpha value is -3.34. The molecule has 0 fully saturated rings. The molecule has 0 aliphatic heterocycles. The largest absolute Gasteiger partial charge is 0.477 e. The van der Waals surface area contributed by atoms with Crippen molar-refractivity contribution in [2.45, 2.75) is 13.5 Å². The number of nitrogens with one attached hydrogen (secondary N) is 1. The summed E-state index contributed by atoms with van der Waals surface area (Å²) >= 11 is 0. The van der Waals surface area contributed by atoms with E-state index in [-0.39, 0.29) is 5.69 Å². The van der Waals surface area contributed by atoms with Crippen molar-refractivity contribution in [2.75, 3.05) is 0 Å². The summed E-state index contributed by atoms with van der Waals surface area (Å²) in [5.41, 5.74) is 4.86. The Balaban J connectivity index is 1.80. The Morgan fingerprint density at radius 1 is 1.16 bits per heavy atom. The molecule has 4 rings (SSSR count). The summed E-state index contributed by atoms with van der Waals surface area (Å²) in [6.07, 6.45) is 3.67. The molecule has 5 nitrogen and oxygen atoms in total. The van der Waals surface area contributed by atoms with Crippen LogP contribution in [0.25, 0.3) is 22.0 Å². The number of hydrogen-bond acceptors (Lipinski definition) is 2. The number of benzene rings is 2. The summed E-state index contributed by atoms with van der Waals surface area (Å²) < 4.78 is 1.85. The Bertz CT molecular complexity index is 1040. The van der Waals surface area contributed by atoms with Crippen LogP contribution in [-0.2, 0) is 6.54 Å². The number of carbonyl (C=O) groups is 1. The predicted octanol–water partition coefficient (Wildman–Crippen LogP) is 4.09. The van der Waals surface area contributed by atoms with E-state index in [0.29, 0.717) is 6.54 Å². The molecule has 2 heterocycles. The molecule has 4 aromatic rings. The van der Waals surface area contributed by atoms with Crippen molar-refractivity contribution >= 4 is 16.9 Å². The normalized spacial score (nSPS) is 11.1. The molecule has 2 aromatic carbocycles. The summed E-state index contributed by atoms with van der Waals surface area (Å²) in [7, 11) is 0. The zero-order chi connectivity index (χ0) is 17.4. The lowest BCUT2D eigenvalue weighted by Crippen LogP contribution is -2.00. The number of fused-ring (bicyclic) bond motifs is 1. The third-order valence-electron chi connectivity index (χ3n) is 4.40. The SMILES string of the molecule is Cc1cccc2c(-c3ccc(Cn4cccn4)cc3)c(C(=O)O)[nH]c12. The molecule has 0 radical (unpaired) electrons. The number of para-hydroxylation sites is 1. The lowest BCUT2D eigenvalue weighted by molar-refractivity contribution is 0.0692. The van der Waals surface area contributed by atoms with Crippen molar-refractivity contribution in [3.8, 4) is 11.1 Å². The van der Waals surface area contributed by atoms with Gasteiger partial charge in [0.25, 0.3) is 0 Å². The van der Waals surface area contributed by atoms with Gasteiger partial charge in [-0.2, -0.15) is 5.10 Å². The van der Waals surface area contributed by atoms with Crippen molar-refractivity contribution in [1.29, 1.82) is 0 Å². The van der Waals surface area contributed by atoms with Gasteiger partial charge >= 0.3 is 5.97 Å². The lowest BCUT2D eigenvalue weighted by Gasteiger charge is -2.06. The van der Waals surface area contributed by atoms with Crippen LogP contribution in [0.5, 0.6) is 0 Å². The minimum atomic E-state index is -0.953. The molecule has 0 bridgehead atoms. The molecule has 0 unspecified atom stereocenters. The van der Waals surface area contributed by atoms with E-state index < -0.39 is 5.97 Å². The number of aryl methyl sites for hydroxylation is 1. The molecule has 0 saturated heterocycles. The molecule has 0 amide bonds. The van der Waals surface area contributed by atoms with E-state index >= 15 is 0 Å². The summed E-state index contributed by atoms with van der Waals surface area (Å²) in [5, 5.41) is 14.7. The molecule has 5 heteroatoms. The standard InChI is InChI=1S/C20H17N3O2/c1-13-4-2-5-16-17(19(20(24)25)22-18(13)16)15-8-6-14(7-9-15)12-23-11-3-10-21-23/h2-11,22H,12H2,1H3,(H,24,25). The fraction of sp³-hybridized carbons (Fsp3) is 0.100. The third kappa shape index (κ3) is 2.70.